The molecule has 120 valence electrons. The van der Waals surface area contributed by atoms with Gasteiger partial charge in [0.15, 0.2) is 0 Å². The summed E-state index contributed by atoms with van der Waals surface area (Å²) >= 11 is 6.11. The molecule has 0 aliphatic carbocycles. The fourth-order valence-electron chi connectivity index (χ4n) is 1.89. The molecule has 1 rings (SSSR count). The lowest BCUT2D eigenvalue weighted by atomic mass is 9.98. The van der Waals surface area contributed by atoms with Crippen LogP contribution < -0.4 is 10.0 Å². The van der Waals surface area contributed by atoms with Crippen molar-refractivity contribution >= 4 is 21.6 Å². The standard InChI is InChI=1S/C15H25ClN2O2S/c1-5-15(4,6-2)18-21(19,20)13-8-9-14(16)12(10-13)11-17-7-3/h8-10,17-18H,5-7,11H2,1-4H3. The average Bonchev–Trinajstić information content (AvgIpc) is 2.45. The summed E-state index contributed by atoms with van der Waals surface area (Å²) in [5.74, 6) is 0. The molecule has 0 saturated heterocycles. The predicted octanol–water partition coefficient (Wildman–Crippen LogP) is 3.31. The number of nitrogens with one attached hydrogen (secondary N) is 2. The lowest BCUT2D eigenvalue weighted by Gasteiger charge is -2.27. The molecule has 0 aromatic heterocycles. The first-order chi connectivity index (χ1) is 9.78. The van der Waals surface area contributed by atoms with E-state index in [9.17, 15) is 8.42 Å². The molecule has 4 nitrogen and oxygen atoms in total. The van der Waals surface area contributed by atoms with Crippen molar-refractivity contribution in [2.45, 2.75) is 57.5 Å². The van der Waals surface area contributed by atoms with Crippen molar-refractivity contribution < 1.29 is 8.42 Å². The Bertz CT molecular complexity index is 569. The maximum absolute atomic E-state index is 12.5. The minimum absolute atomic E-state index is 0.257. The van der Waals surface area contributed by atoms with E-state index in [0.29, 0.717) is 11.6 Å². The summed E-state index contributed by atoms with van der Waals surface area (Å²) in [6.45, 7) is 9.21. The van der Waals surface area contributed by atoms with Gasteiger partial charge in [-0.15, -0.1) is 0 Å². The van der Waals surface area contributed by atoms with Crippen molar-refractivity contribution in [3.05, 3.63) is 28.8 Å². The molecule has 0 radical (unpaired) electrons. The van der Waals surface area contributed by atoms with Crippen LogP contribution in [0.3, 0.4) is 0 Å². The van der Waals surface area contributed by atoms with E-state index < -0.39 is 15.6 Å². The fourth-order valence-corrected chi connectivity index (χ4v) is 3.68. The number of halogens is 1. The topological polar surface area (TPSA) is 58.2 Å². The molecule has 2 N–H and O–H groups in total. The fraction of sp³-hybridized carbons (Fsp3) is 0.600. The van der Waals surface area contributed by atoms with Crippen LogP contribution in [0.4, 0.5) is 0 Å². The maximum atomic E-state index is 12.5. The lowest BCUT2D eigenvalue weighted by molar-refractivity contribution is 0.388. The number of benzene rings is 1. The Labute approximate surface area is 133 Å². The molecule has 0 fully saturated rings. The first-order valence-corrected chi connectivity index (χ1v) is 9.17. The second kappa shape index (κ2) is 7.58. The van der Waals surface area contributed by atoms with Gasteiger partial charge in [-0.25, -0.2) is 13.1 Å². The van der Waals surface area contributed by atoms with Gasteiger partial charge in [0.25, 0.3) is 0 Å². The van der Waals surface area contributed by atoms with E-state index in [1.165, 1.54) is 0 Å². The van der Waals surface area contributed by atoms with Gasteiger partial charge in [0.2, 0.25) is 10.0 Å². The first kappa shape index (κ1) is 18.4. The quantitative estimate of drug-likeness (QED) is 0.768. The van der Waals surface area contributed by atoms with E-state index >= 15 is 0 Å². The van der Waals surface area contributed by atoms with Gasteiger partial charge >= 0.3 is 0 Å². The van der Waals surface area contributed by atoms with E-state index in [-0.39, 0.29) is 4.90 Å². The summed E-state index contributed by atoms with van der Waals surface area (Å²) in [7, 11) is -3.54. The van der Waals surface area contributed by atoms with Crippen LogP contribution in [0.1, 0.15) is 46.1 Å². The van der Waals surface area contributed by atoms with Crippen molar-refractivity contribution in [2.75, 3.05) is 6.54 Å². The van der Waals surface area contributed by atoms with Crippen molar-refractivity contribution in [3.63, 3.8) is 0 Å². The molecule has 1 aromatic carbocycles. The highest BCUT2D eigenvalue weighted by atomic mass is 35.5. The zero-order valence-corrected chi connectivity index (χ0v) is 14.7. The van der Waals surface area contributed by atoms with Crippen molar-refractivity contribution in [1.82, 2.24) is 10.0 Å². The Morgan fingerprint density at radius 1 is 1.19 bits per heavy atom. The van der Waals surface area contributed by atoms with Crippen LogP contribution in [0, 0.1) is 0 Å². The predicted molar refractivity (Wildman–Crippen MR) is 88.1 cm³/mol. The van der Waals surface area contributed by atoms with E-state index in [2.05, 4.69) is 10.0 Å². The van der Waals surface area contributed by atoms with Crippen LogP contribution in [0.2, 0.25) is 5.02 Å². The second-order valence-electron chi connectivity index (χ2n) is 5.41. The van der Waals surface area contributed by atoms with Crippen LogP contribution in [0.15, 0.2) is 23.1 Å². The Kier molecular flexibility index (Phi) is 6.66. The zero-order valence-electron chi connectivity index (χ0n) is 13.2. The average molecular weight is 333 g/mol. The molecule has 21 heavy (non-hydrogen) atoms. The summed E-state index contributed by atoms with van der Waals surface area (Å²) < 4.78 is 27.9. The molecule has 0 bridgehead atoms. The first-order valence-electron chi connectivity index (χ1n) is 7.31. The van der Waals surface area contributed by atoms with E-state index in [1.54, 1.807) is 18.2 Å². The summed E-state index contributed by atoms with van der Waals surface area (Å²) in [6.07, 6.45) is 1.47. The molecular formula is C15H25ClN2O2S. The zero-order chi connectivity index (χ0) is 16.1. The number of rotatable bonds is 8. The van der Waals surface area contributed by atoms with Gasteiger partial charge < -0.3 is 5.32 Å². The summed E-state index contributed by atoms with van der Waals surface area (Å²) in [5.41, 5.74) is 0.358. The van der Waals surface area contributed by atoms with Gasteiger partial charge in [0.1, 0.15) is 0 Å². The molecule has 0 aliphatic heterocycles. The minimum Gasteiger partial charge on any atom is -0.313 e. The Hall–Kier alpha value is -0.620. The molecule has 6 heteroatoms. The van der Waals surface area contributed by atoms with Crippen LogP contribution >= 0.6 is 11.6 Å². The lowest BCUT2D eigenvalue weighted by Crippen LogP contribution is -2.44. The molecule has 0 atom stereocenters. The van der Waals surface area contributed by atoms with Crippen LogP contribution in [-0.2, 0) is 16.6 Å². The van der Waals surface area contributed by atoms with Crippen molar-refractivity contribution in [3.8, 4) is 0 Å². The minimum atomic E-state index is -3.54. The van der Waals surface area contributed by atoms with Crippen LogP contribution in [0.5, 0.6) is 0 Å². The molecule has 0 spiro atoms. The van der Waals surface area contributed by atoms with E-state index in [0.717, 1.165) is 24.9 Å². The number of hydrogen-bond acceptors (Lipinski definition) is 3. The molecule has 0 saturated carbocycles. The van der Waals surface area contributed by atoms with Crippen molar-refractivity contribution in [2.24, 2.45) is 0 Å². The smallest absolute Gasteiger partial charge is 0.241 e. The van der Waals surface area contributed by atoms with Gasteiger partial charge in [-0.2, -0.15) is 0 Å². The maximum Gasteiger partial charge on any atom is 0.241 e. The van der Waals surface area contributed by atoms with Crippen LogP contribution in [-0.4, -0.2) is 20.5 Å². The third-order valence-corrected chi connectivity index (χ3v) is 5.84. The molecule has 1 aromatic rings. The Morgan fingerprint density at radius 2 is 1.81 bits per heavy atom. The van der Waals surface area contributed by atoms with E-state index in [1.807, 2.05) is 27.7 Å². The number of sulfonamides is 1. The Morgan fingerprint density at radius 3 is 2.33 bits per heavy atom. The molecule has 0 heterocycles. The van der Waals surface area contributed by atoms with Gasteiger partial charge in [0, 0.05) is 17.1 Å². The van der Waals surface area contributed by atoms with Gasteiger partial charge in [-0.3, -0.25) is 0 Å². The monoisotopic (exact) mass is 332 g/mol. The third kappa shape index (κ3) is 4.95. The summed E-state index contributed by atoms with van der Waals surface area (Å²) in [4.78, 5) is 0.257. The molecule has 0 aliphatic rings. The summed E-state index contributed by atoms with van der Waals surface area (Å²) in [5, 5.41) is 3.73. The molecular weight excluding hydrogens is 308 g/mol. The number of hydrogen-bond donors (Lipinski definition) is 2. The summed E-state index contributed by atoms with van der Waals surface area (Å²) in [6, 6.07) is 4.82. The SMILES string of the molecule is CCNCc1cc(S(=O)(=O)NC(C)(CC)CC)ccc1Cl. The third-order valence-electron chi connectivity index (χ3n) is 3.83. The Balaban J connectivity index is 3.08. The highest BCUT2D eigenvalue weighted by Gasteiger charge is 2.27. The van der Waals surface area contributed by atoms with Gasteiger partial charge in [-0.1, -0.05) is 32.4 Å². The highest BCUT2D eigenvalue weighted by molar-refractivity contribution is 7.89. The highest BCUT2D eigenvalue weighted by Crippen LogP contribution is 2.23. The molecule has 0 amide bonds. The second-order valence-corrected chi connectivity index (χ2v) is 7.50. The molecule has 0 unspecified atom stereocenters. The van der Waals surface area contributed by atoms with Gasteiger partial charge in [0.05, 0.1) is 4.90 Å². The van der Waals surface area contributed by atoms with E-state index in [4.69, 9.17) is 11.6 Å². The normalized spacial score (nSPS) is 12.6. The van der Waals surface area contributed by atoms with Crippen LogP contribution in [0.25, 0.3) is 0 Å². The van der Waals surface area contributed by atoms with Crippen molar-refractivity contribution in [1.29, 1.82) is 0 Å². The van der Waals surface area contributed by atoms with Gasteiger partial charge in [-0.05, 0) is 50.1 Å². The largest absolute Gasteiger partial charge is 0.313 e.